The molecule has 0 spiro atoms. The van der Waals surface area contributed by atoms with E-state index >= 15 is 0 Å². The maximum absolute atomic E-state index is 14.3. The Balaban J connectivity index is 2.24. The molecule has 0 unspecified atom stereocenters. The Bertz CT molecular complexity index is 1170. The number of hydrogen-bond donors (Lipinski definition) is 0. The van der Waals surface area contributed by atoms with Gasteiger partial charge in [-0.15, -0.1) is 0 Å². The summed E-state index contributed by atoms with van der Waals surface area (Å²) in [5.41, 5.74) is 0.209. The Labute approximate surface area is 166 Å². The molecule has 0 radical (unpaired) electrons. The lowest BCUT2D eigenvalue weighted by Gasteiger charge is -2.10. The SMILES string of the molecule is Cc1ccc(-c2cc(C(F)(F)F)nn2-c2ccc(S(C)(=O)=O)c(F)c2)cc1Br. The van der Waals surface area contributed by atoms with Crippen molar-refractivity contribution in [3.63, 3.8) is 0 Å². The summed E-state index contributed by atoms with van der Waals surface area (Å²) in [6.45, 7) is 1.82. The molecule has 0 N–H and O–H groups in total. The van der Waals surface area contributed by atoms with Crippen LogP contribution in [-0.2, 0) is 16.0 Å². The van der Waals surface area contributed by atoms with E-state index in [2.05, 4.69) is 21.0 Å². The highest BCUT2D eigenvalue weighted by Gasteiger charge is 2.35. The molecule has 0 saturated heterocycles. The molecule has 3 aromatic rings. The van der Waals surface area contributed by atoms with Gasteiger partial charge >= 0.3 is 6.18 Å². The van der Waals surface area contributed by atoms with E-state index in [0.717, 1.165) is 34.7 Å². The lowest BCUT2D eigenvalue weighted by atomic mass is 10.1. The minimum atomic E-state index is -4.70. The zero-order valence-corrected chi connectivity index (χ0v) is 17.0. The fourth-order valence-electron chi connectivity index (χ4n) is 2.60. The number of alkyl halides is 3. The summed E-state index contributed by atoms with van der Waals surface area (Å²) in [5, 5.41) is 3.57. The summed E-state index contributed by atoms with van der Waals surface area (Å²) in [6, 6.07) is 8.88. The third-order valence-corrected chi connectivity index (χ3v) is 6.01. The molecule has 0 aliphatic carbocycles. The van der Waals surface area contributed by atoms with Crippen molar-refractivity contribution in [1.82, 2.24) is 9.78 Å². The molecule has 148 valence electrons. The van der Waals surface area contributed by atoms with Gasteiger partial charge < -0.3 is 0 Å². The summed E-state index contributed by atoms with van der Waals surface area (Å²) in [6.07, 6.45) is -3.86. The molecule has 2 aromatic carbocycles. The third kappa shape index (κ3) is 3.97. The predicted octanol–water partition coefficient (Wildman–Crippen LogP) is 5.17. The molecule has 1 aromatic heterocycles. The molecule has 0 aliphatic rings. The molecule has 0 aliphatic heterocycles. The molecule has 1 heterocycles. The van der Waals surface area contributed by atoms with Crippen molar-refractivity contribution >= 4 is 25.8 Å². The van der Waals surface area contributed by atoms with Crippen LogP contribution in [0.5, 0.6) is 0 Å². The fourth-order valence-corrected chi connectivity index (χ4v) is 3.70. The zero-order chi connectivity index (χ0) is 20.9. The van der Waals surface area contributed by atoms with Gasteiger partial charge in [-0.1, -0.05) is 28.1 Å². The van der Waals surface area contributed by atoms with E-state index < -0.39 is 32.4 Å². The van der Waals surface area contributed by atoms with E-state index in [0.29, 0.717) is 10.0 Å². The van der Waals surface area contributed by atoms with Crippen molar-refractivity contribution in [3.8, 4) is 16.9 Å². The lowest BCUT2D eigenvalue weighted by Crippen LogP contribution is -2.08. The van der Waals surface area contributed by atoms with Crippen molar-refractivity contribution in [2.75, 3.05) is 6.26 Å². The van der Waals surface area contributed by atoms with Gasteiger partial charge in [-0.25, -0.2) is 17.5 Å². The Hall–Kier alpha value is -2.20. The van der Waals surface area contributed by atoms with Crippen molar-refractivity contribution in [2.45, 2.75) is 18.0 Å². The minimum Gasteiger partial charge on any atom is -0.232 e. The van der Waals surface area contributed by atoms with Crippen LogP contribution in [0, 0.1) is 12.7 Å². The van der Waals surface area contributed by atoms with Gasteiger partial charge in [0.2, 0.25) is 0 Å². The molecular formula is C18H13BrF4N2O2S. The second kappa shape index (κ2) is 7.00. The molecule has 0 amide bonds. The molecule has 0 atom stereocenters. The van der Waals surface area contributed by atoms with E-state index in [9.17, 15) is 26.0 Å². The van der Waals surface area contributed by atoms with Gasteiger partial charge in [0, 0.05) is 22.4 Å². The van der Waals surface area contributed by atoms with Crippen molar-refractivity contribution in [1.29, 1.82) is 0 Å². The quantitative estimate of drug-likeness (QED) is 0.490. The van der Waals surface area contributed by atoms with E-state index in [-0.39, 0.29) is 11.4 Å². The van der Waals surface area contributed by atoms with Gasteiger partial charge in [0.05, 0.1) is 11.4 Å². The maximum atomic E-state index is 14.3. The second-order valence-corrected chi connectivity index (χ2v) is 9.01. The van der Waals surface area contributed by atoms with Gasteiger partial charge in [0.25, 0.3) is 0 Å². The van der Waals surface area contributed by atoms with Crippen molar-refractivity contribution in [3.05, 3.63) is 64.0 Å². The summed E-state index contributed by atoms with van der Waals surface area (Å²) < 4.78 is 78.7. The van der Waals surface area contributed by atoms with Gasteiger partial charge in [0.15, 0.2) is 15.5 Å². The molecule has 0 saturated carbocycles. The van der Waals surface area contributed by atoms with E-state index in [1.165, 1.54) is 6.07 Å². The number of aryl methyl sites for hydroxylation is 1. The van der Waals surface area contributed by atoms with Crippen LogP contribution in [0.4, 0.5) is 17.6 Å². The summed E-state index contributed by atoms with van der Waals surface area (Å²) in [5.74, 6) is -1.07. The van der Waals surface area contributed by atoms with Crippen LogP contribution >= 0.6 is 15.9 Å². The number of rotatable bonds is 3. The van der Waals surface area contributed by atoms with Crippen LogP contribution < -0.4 is 0 Å². The first-order valence-corrected chi connectivity index (χ1v) is 10.5. The highest BCUT2D eigenvalue weighted by atomic mass is 79.9. The number of halogens is 5. The first kappa shape index (κ1) is 20.5. The van der Waals surface area contributed by atoms with Crippen molar-refractivity contribution < 1.29 is 26.0 Å². The van der Waals surface area contributed by atoms with Crippen LogP contribution in [0.15, 0.2) is 51.8 Å². The van der Waals surface area contributed by atoms with E-state index in [4.69, 9.17) is 0 Å². The number of nitrogens with zero attached hydrogens (tertiary/aromatic N) is 2. The van der Waals surface area contributed by atoms with Crippen molar-refractivity contribution in [2.24, 2.45) is 0 Å². The molecule has 3 rings (SSSR count). The van der Waals surface area contributed by atoms with Crippen LogP contribution in [-0.4, -0.2) is 24.5 Å². The molecule has 0 fully saturated rings. The average molecular weight is 477 g/mol. The maximum Gasteiger partial charge on any atom is 0.435 e. The predicted molar refractivity (Wildman–Crippen MR) is 99.5 cm³/mol. The van der Waals surface area contributed by atoms with Crippen LogP contribution in [0.2, 0.25) is 0 Å². The fraction of sp³-hybridized carbons (Fsp3) is 0.167. The highest BCUT2D eigenvalue weighted by molar-refractivity contribution is 9.10. The Morgan fingerprint density at radius 1 is 1.07 bits per heavy atom. The molecule has 0 bridgehead atoms. The normalized spacial score (nSPS) is 12.4. The summed E-state index contributed by atoms with van der Waals surface area (Å²) >= 11 is 3.33. The van der Waals surface area contributed by atoms with Gasteiger partial charge in [-0.05, 0) is 36.8 Å². The van der Waals surface area contributed by atoms with Gasteiger partial charge in [0.1, 0.15) is 10.7 Å². The van der Waals surface area contributed by atoms with Gasteiger partial charge in [-0.2, -0.15) is 18.3 Å². The third-order valence-electron chi connectivity index (χ3n) is 4.03. The smallest absolute Gasteiger partial charge is 0.232 e. The number of benzene rings is 2. The first-order valence-electron chi connectivity index (χ1n) is 7.81. The minimum absolute atomic E-state index is 0.0351. The number of hydrogen-bond acceptors (Lipinski definition) is 3. The highest BCUT2D eigenvalue weighted by Crippen LogP contribution is 2.34. The molecule has 28 heavy (non-hydrogen) atoms. The monoisotopic (exact) mass is 476 g/mol. The largest absolute Gasteiger partial charge is 0.435 e. The Morgan fingerprint density at radius 2 is 1.75 bits per heavy atom. The standard InChI is InChI=1S/C18H13BrF4N2O2S/c1-10-3-4-11(7-13(10)19)15-9-17(18(21,22)23)24-25(15)12-5-6-16(14(20)8-12)28(2,26)27/h3-9H,1-2H3. The summed E-state index contributed by atoms with van der Waals surface area (Å²) in [7, 11) is -3.81. The van der Waals surface area contributed by atoms with Crippen LogP contribution in [0.25, 0.3) is 16.9 Å². The first-order chi connectivity index (χ1) is 12.9. The van der Waals surface area contributed by atoms with E-state index in [1.807, 2.05) is 6.92 Å². The number of sulfone groups is 1. The zero-order valence-electron chi connectivity index (χ0n) is 14.6. The average Bonchev–Trinajstić information content (AvgIpc) is 3.01. The number of aromatic nitrogens is 2. The van der Waals surface area contributed by atoms with Crippen LogP contribution in [0.1, 0.15) is 11.3 Å². The van der Waals surface area contributed by atoms with Crippen LogP contribution in [0.3, 0.4) is 0 Å². The topological polar surface area (TPSA) is 52.0 Å². The molecule has 4 nitrogen and oxygen atoms in total. The lowest BCUT2D eigenvalue weighted by molar-refractivity contribution is -0.141. The molecular weight excluding hydrogens is 464 g/mol. The van der Waals surface area contributed by atoms with Gasteiger partial charge in [-0.3, -0.25) is 0 Å². The second-order valence-electron chi connectivity index (χ2n) is 6.18. The molecule has 10 heteroatoms. The summed E-state index contributed by atoms with van der Waals surface area (Å²) in [4.78, 5) is -0.543. The van der Waals surface area contributed by atoms with E-state index in [1.54, 1.807) is 18.2 Å². The Kier molecular flexibility index (Phi) is 5.13. The Morgan fingerprint density at radius 3 is 2.29 bits per heavy atom.